The van der Waals surface area contributed by atoms with E-state index in [0.29, 0.717) is 30.6 Å². The Bertz CT molecular complexity index is 1340. The van der Waals surface area contributed by atoms with E-state index in [0.717, 1.165) is 5.56 Å². The number of piperazine rings is 1. The third-order valence-electron chi connectivity index (χ3n) is 5.95. The molecule has 1 aliphatic heterocycles. The highest BCUT2D eigenvalue weighted by Gasteiger charge is 2.29. The van der Waals surface area contributed by atoms with Gasteiger partial charge in [0.25, 0.3) is 0 Å². The van der Waals surface area contributed by atoms with Gasteiger partial charge in [0.15, 0.2) is 17.3 Å². The molecule has 1 unspecified atom stereocenters. The summed E-state index contributed by atoms with van der Waals surface area (Å²) in [7, 11) is 2.77. The quantitative estimate of drug-likeness (QED) is 0.559. The zero-order valence-corrected chi connectivity index (χ0v) is 19.7. The van der Waals surface area contributed by atoms with E-state index in [1.54, 1.807) is 41.3 Å². The summed E-state index contributed by atoms with van der Waals surface area (Å²) in [6.45, 7) is 3.28. The van der Waals surface area contributed by atoms with Crippen molar-refractivity contribution in [3.05, 3.63) is 53.4 Å². The number of ether oxygens (including phenoxy) is 2. The molecule has 1 saturated heterocycles. The number of methoxy groups -OCH3 is 2. The number of aromatic nitrogens is 2. The van der Waals surface area contributed by atoms with Crippen LogP contribution in [0.1, 0.15) is 18.1 Å². The molecule has 0 saturated carbocycles. The van der Waals surface area contributed by atoms with Crippen LogP contribution in [0.5, 0.6) is 11.5 Å². The van der Waals surface area contributed by atoms with Crippen LogP contribution in [-0.4, -0.2) is 60.7 Å². The first kappa shape index (κ1) is 23.8. The Morgan fingerprint density at radius 3 is 2.60 bits per heavy atom. The minimum absolute atomic E-state index is 0.0428. The number of benzene rings is 2. The fourth-order valence-electron chi connectivity index (χ4n) is 4.06. The van der Waals surface area contributed by atoms with E-state index < -0.39 is 5.82 Å². The number of carbonyl (C=O) groups excluding carboxylic acids is 1. The van der Waals surface area contributed by atoms with Gasteiger partial charge < -0.3 is 25.0 Å². The maximum Gasteiger partial charge on any atom is 0.246 e. The normalized spacial score (nSPS) is 15.9. The third kappa shape index (κ3) is 4.66. The number of fused-ring (bicyclic) bond motifs is 1. The van der Waals surface area contributed by atoms with Crippen LogP contribution >= 0.6 is 0 Å². The maximum atomic E-state index is 15.1. The molecule has 0 spiro atoms. The fraction of sp³-hybridized carbons (Fsp3) is 0.280. The number of amides is 1. The van der Waals surface area contributed by atoms with Crippen molar-refractivity contribution in [2.45, 2.75) is 13.0 Å². The van der Waals surface area contributed by atoms with Crippen LogP contribution in [0.15, 0.2) is 36.4 Å². The predicted octanol–water partition coefficient (Wildman–Crippen LogP) is 2.99. The Balaban J connectivity index is 1.52. The van der Waals surface area contributed by atoms with Crippen molar-refractivity contribution in [2.24, 2.45) is 0 Å². The van der Waals surface area contributed by atoms with Crippen molar-refractivity contribution in [3.8, 4) is 17.6 Å². The highest BCUT2D eigenvalue weighted by molar-refractivity contribution is 5.93. The molecule has 1 atom stereocenters. The number of nitrogen functional groups attached to an aromatic ring is 1. The second kappa shape index (κ2) is 9.85. The van der Waals surface area contributed by atoms with Crippen molar-refractivity contribution in [2.75, 3.05) is 44.5 Å². The van der Waals surface area contributed by atoms with Gasteiger partial charge in [-0.25, -0.2) is 9.37 Å². The molecule has 4 rings (SSSR count). The molecule has 1 aliphatic rings. The molecule has 35 heavy (non-hydrogen) atoms. The van der Waals surface area contributed by atoms with Crippen molar-refractivity contribution in [1.82, 2.24) is 14.9 Å². The van der Waals surface area contributed by atoms with Crippen molar-refractivity contribution >= 4 is 34.7 Å². The van der Waals surface area contributed by atoms with Crippen LogP contribution in [0.3, 0.4) is 0 Å². The highest BCUT2D eigenvalue weighted by atomic mass is 19.1. The molecular formula is C25H25FN6O3. The lowest BCUT2D eigenvalue weighted by Crippen LogP contribution is -2.54. The zero-order valence-electron chi connectivity index (χ0n) is 19.7. The number of hydrogen-bond acceptors (Lipinski definition) is 8. The van der Waals surface area contributed by atoms with Gasteiger partial charge in [0.2, 0.25) is 11.9 Å². The van der Waals surface area contributed by atoms with Gasteiger partial charge in [0, 0.05) is 37.1 Å². The van der Waals surface area contributed by atoms with Crippen LogP contribution in [0.2, 0.25) is 0 Å². The van der Waals surface area contributed by atoms with E-state index in [2.05, 4.69) is 16.0 Å². The number of nitrogens with zero attached hydrogens (tertiary/aromatic N) is 5. The molecular weight excluding hydrogens is 451 g/mol. The number of hydrogen-bond donors (Lipinski definition) is 1. The molecule has 2 aromatic carbocycles. The molecule has 180 valence electrons. The van der Waals surface area contributed by atoms with Crippen LogP contribution in [-0.2, 0) is 4.79 Å². The Kier molecular flexibility index (Phi) is 6.68. The molecule has 0 radical (unpaired) electrons. The summed E-state index contributed by atoms with van der Waals surface area (Å²) in [6.07, 6.45) is 3.24. The molecule has 2 heterocycles. The van der Waals surface area contributed by atoms with Crippen LogP contribution in [0.4, 0.5) is 16.2 Å². The lowest BCUT2D eigenvalue weighted by molar-refractivity contribution is -0.126. The van der Waals surface area contributed by atoms with Gasteiger partial charge in [0.1, 0.15) is 11.3 Å². The Hall–Kier alpha value is -4.39. The molecule has 10 heteroatoms. The molecule has 1 amide bonds. The van der Waals surface area contributed by atoms with Crippen molar-refractivity contribution in [3.63, 3.8) is 0 Å². The molecule has 0 aliphatic carbocycles. The van der Waals surface area contributed by atoms with Gasteiger partial charge >= 0.3 is 0 Å². The number of nitriles is 1. The molecule has 1 fully saturated rings. The summed E-state index contributed by atoms with van der Waals surface area (Å²) in [4.78, 5) is 25.2. The van der Waals surface area contributed by atoms with Crippen LogP contribution < -0.4 is 20.1 Å². The Morgan fingerprint density at radius 1 is 1.23 bits per heavy atom. The number of carbonyl (C=O) groups is 1. The largest absolute Gasteiger partial charge is 0.493 e. The predicted molar refractivity (Wildman–Crippen MR) is 131 cm³/mol. The first-order valence-corrected chi connectivity index (χ1v) is 11.0. The van der Waals surface area contributed by atoms with E-state index in [1.807, 2.05) is 11.8 Å². The second-order valence-corrected chi connectivity index (χ2v) is 8.12. The number of halogens is 1. The molecule has 0 bridgehead atoms. The van der Waals surface area contributed by atoms with Crippen molar-refractivity contribution < 1.29 is 18.7 Å². The summed E-state index contributed by atoms with van der Waals surface area (Å²) in [5, 5.41) is 9.22. The minimum atomic E-state index is -0.674. The topological polar surface area (TPSA) is 118 Å². The van der Waals surface area contributed by atoms with Gasteiger partial charge in [-0.1, -0.05) is 12.1 Å². The smallest absolute Gasteiger partial charge is 0.246 e. The first-order valence-electron chi connectivity index (χ1n) is 11.0. The van der Waals surface area contributed by atoms with Gasteiger partial charge in [-0.3, -0.25) is 4.79 Å². The van der Waals surface area contributed by atoms with Gasteiger partial charge in [0.05, 0.1) is 25.9 Å². The minimum Gasteiger partial charge on any atom is -0.493 e. The number of nitrogens with two attached hydrogens (primary N) is 1. The molecule has 2 N–H and O–H groups in total. The van der Waals surface area contributed by atoms with Crippen molar-refractivity contribution in [1.29, 1.82) is 5.26 Å². The van der Waals surface area contributed by atoms with E-state index in [4.69, 9.17) is 20.5 Å². The monoisotopic (exact) mass is 476 g/mol. The summed E-state index contributed by atoms with van der Waals surface area (Å²) >= 11 is 0. The lowest BCUT2D eigenvalue weighted by atomic mass is 10.1. The van der Waals surface area contributed by atoms with Gasteiger partial charge in [-0.05, 0) is 36.8 Å². The highest BCUT2D eigenvalue weighted by Crippen LogP contribution is 2.37. The van der Waals surface area contributed by atoms with Crippen LogP contribution in [0.25, 0.3) is 17.0 Å². The average molecular weight is 477 g/mol. The van der Waals surface area contributed by atoms with Crippen LogP contribution in [0, 0.1) is 17.1 Å². The number of rotatable bonds is 5. The van der Waals surface area contributed by atoms with E-state index in [-0.39, 0.29) is 40.7 Å². The summed E-state index contributed by atoms with van der Waals surface area (Å²) in [5.41, 5.74) is 7.59. The molecule has 9 nitrogen and oxygen atoms in total. The summed E-state index contributed by atoms with van der Waals surface area (Å²) in [5.74, 6) is -0.235. The Labute approximate surface area is 202 Å². The second-order valence-electron chi connectivity index (χ2n) is 8.12. The first-order chi connectivity index (χ1) is 16.9. The van der Waals surface area contributed by atoms with E-state index in [1.165, 1.54) is 20.3 Å². The summed E-state index contributed by atoms with van der Waals surface area (Å²) in [6, 6.07) is 10.5. The van der Waals surface area contributed by atoms with E-state index >= 15 is 4.39 Å². The van der Waals surface area contributed by atoms with Gasteiger partial charge in [-0.2, -0.15) is 10.2 Å². The lowest BCUT2D eigenvalue weighted by Gasteiger charge is -2.39. The number of anilines is 2. The standard InChI is InChI=1S/C25H25FN6O3/c1-15-14-31(20(33)9-8-16-4-6-17(13-27)7-5-16)10-11-32(15)25-29-22-18(24(28)30-25)12-19(34-2)23(35-3)21(22)26/h4-9,12,15H,10-11,14H2,1-3H3,(H2,28,29,30). The van der Waals surface area contributed by atoms with E-state index in [9.17, 15) is 4.79 Å². The SMILES string of the molecule is COc1cc2c(N)nc(N3CCN(C(=O)C=Cc4ccc(C#N)cc4)CC3C)nc2c(F)c1OC. The average Bonchev–Trinajstić information content (AvgIpc) is 2.87. The third-order valence-corrected chi connectivity index (χ3v) is 5.95. The fourth-order valence-corrected chi connectivity index (χ4v) is 4.06. The summed E-state index contributed by atoms with van der Waals surface area (Å²) < 4.78 is 25.5. The zero-order chi connectivity index (χ0) is 25.1. The molecule has 1 aromatic heterocycles. The van der Waals surface area contributed by atoms with Gasteiger partial charge in [-0.15, -0.1) is 0 Å². The molecule has 3 aromatic rings. The maximum absolute atomic E-state index is 15.1. The Morgan fingerprint density at radius 2 is 1.97 bits per heavy atom.